The number of rotatable bonds is 14. The first-order valence-corrected chi connectivity index (χ1v) is 12.8. The van der Waals surface area contributed by atoms with Gasteiger partial charge in [0.15, 0.2) is 0 Å². The molecule has 0 spiro atoms. The van der Waals surface area contributed by atoms with Crippen molar-refractivity contribution in [2.75, 3.05) is 51.2 Å². The van der Waals surface area contributed by atoms with Gasteiger partial charge in [-0.25, -0.2) is 4.79 Å². The molecule has 1 aliphatic rings. The van der Waals surface area contributed by atoms with E-state index in [1.165, 1.54) is 44.9 Å². The van der Waals surface area contributed by atoms with Crippen LogP contribution in [0.25, 0.3) is 0 Å². The van der Waals surface area contributed by atoms with Crippen LogP contribution in [0.3, 0.4) is 0 Å². The van der Waals surface area contributed by atoms with Gasteiger partial charge in [0.25, 0.3) is 0 Å². The normalized spacial score (nSPS) is 14.9. The molecule has 1 fully saturated rings. The molecule has 2 rings (SSSR count). The minimum absolute atomic E-state index is 0. The number of unbranched alkanes of at least 4 members (excludes halogenated alkanes) is 3. The third-order valence-corrected chi connectivity index (χ3v) is 6.14. The fourth-order valence-electron chi connectivity index (χ4n) is 4.19. The third kappa shape index (κ3) is 13.6. The highest BCUT2D eigenvalue weighted by atomic mass is 35.5. The summed E-state index contributed by atoms with van der Waals surface area (Å²) >= 11 is 0. The summed E-state index contributed by atoms with van der Waals surface area (Å²) in [6, 6.07) is 7.58. The molecule has 1 aliphatic heterocycles. The second-order valence-electron chi connectivity index (χ2n) is 8.79. The Morgan fingerprint density at radius 3 is 2.38 bits per heavy atom. The van der Waals surface area contributed by atoms with Gasteiger partial charge >= 0.3 is 6.09 Å². The Hall–Kier alpha value is -1.21. The molecule has 1 N–H and O–H groups in total. The monoisotopic (exact) mass is 519 g/mol. The van der Waals surface area contributed by atoms with Crippen LogP contribution in [-0.2, 0) is 4.74 Å². The predicted molar refractivity (Wildman–Crippen MR) is 147 cm³/mol. The van der Waals surface area contributed by atoms with Gasteiger partial charge in [0.2, 0.25) is 0 Å². The number of carbonyl (C=O) groups excluding carboxylic acids is 1. The van der Waals surface area contributed by atoms with Crippen LogP contribution in [0.1, 0.15) is 72.1 Å². The van der Waals surface area contributed by atoms with E-state index in [9.17, 15) is 4.79 Å². The van der Waals surface area contributed by atoms with Gasteiger partial charge in [-0.3, -0.25) is 10.2 Å². The number of likely N-dealkylation sites (N-methyl/N-ethyl adjacent to an activating group) is 1. The fourth-order valence-corrected chi connectivity index (χ4v) is 4.19. The highest BCUT2D eigenvalue weighted by Gasteiger charge is 2.21. The van der Waals surface area contributed by atoms with Crippen LogP contribution >= 0.6 is 24.8 Å². The zero-order chi connectivity index (χ0) is 23.0. The molecule has 1 atom stereocenters. The molecule has 0 aliphatic carbocycles. The number of anilines is 1. The smallest absolute Gasteiger partial charge is 0.411 e. The second kappa shape index (κ2) is 20.0. The summed E-state index contributed by atoms with van der Waals surface area (Å²) in [4.78, 5) is 17.5. The minimum atomic E-state index is -0.392. The number of benzene rings is 1. The molecule has 0 radical (unpaired) electrons. The Bertz CT molecular complexity index is 639. The van der Waals surface area contributed by atoms with Crippen molar-refractivity contribution in [1.29, 1.82) is 0 Å². The van der Waals surface area contributed by atoms with E-state index in [-0.39, 0.29) is 30.9 Å². The van der Waals surface area contributed by atoms with Gasteiger partial charge in [-0.05, 0) is 57.6 Å². The first-order chi connectivity index (χ1) is 15.6. The molecule has 0 bridgehead atoms. The molecular formula is C26H47Cl2N3O3. The van der Waals surface area contributed by atoms with E-state index in [1.807, 2.05) is 24.3 Å². The van der Waals surface area contributed by atoms with Crippen molar-refractivity contribution in [2.45, 2.75) is 78.2 Å². The Kier molecular flexibility index (Phi) is 19.3. The van der Waals surface area contributed by atoms with E-state index in [4.69, 9.17) is 9.47 Å². The quantitative estimate of drug-likeness (QED) is 0.279. The van der Waals surface area contributed by atoms with Crippen molar-refractivity contribution in [1.82, 2.24) is 9.80 Å². The van der Waals surface area contributed by atoms with E-state index in [2.05, 4.69) is 35.9 Å². The molecule has 6 nitrogen and oxygen atoms in total. The maximum atomic E-state index is 12.7. The third-order valence-electron chi connectivity index (χ3n) is 6.14. The lowest BCUT2D eigenvalue weighted by Gasteiger charge is -2.30. The van der Waals surface area contributed by atoms with Crippen molar-refractivity contribution in [3.05, 3.63) is 24.3 Å². The van der Waals surface area contributed by atoms with E-state index < -0.39 is 6.09 Å². The summed E-state index contributed by atoms with van der Waals surface area (Å²) in [6.07, 6.45) is 9.22. The van der Waals surface area contributed by atoms with Crippen LogP contribution in [0.5, 0.6) is 5.75 Å². The van der Waals surface area contributed by atoms with E-state index in [1.54, 1.807) is 0 Å². The van der Waals surface area contributed by atoms with E-state index in [0.29, 0.717) is 12.3 Å². The van der Waals surface area contributed by atoms with Gasteiger partial charge in [0.1, 0.15) is 11.9 Å². The SMILES string of the molecule is CCCCCCOc1cccc(NC(=O)OC(CN(CC)CC)CN2CCCCCC2)c1.Cl.Cl. The highest BCUT2D eigenvalue weighted by molar-refractivity contribution is 5.86. The van der Waals surface area contributed by atoms with Gasteiger partial charge in [-0.1, -0.05) is 58.9 Å². The Morgan fingerprint density at radius 2 is 1.74 bits per heavy atom. The number of nitrogens with zero attached hydrogens (tertiary/aromatic N) is 2. The summed E-state index contributed by atoms with van der Waals surface area (Å²) in [5.41, 5.74) is 0.706. The molecule has 8 heteroatoms. The summed E-state index contributed by atoms with van der Waals surface area (Å²) < 4.78 is 11.8. The average Bonchev–Trinajstić information content (AvgIpc) is 3.06. The van der Waals surface area contributed by atoms with Crippen LogP contribution in [0, 0.1) is 0 Å². The first-order valence-electron chi connectivity index (χ1n) is 12.8. The number of hydrogen-bond donors (Lipinski definition) is 1. The average molecular weight is 521 g/mol. The Labute approximate surface area is 219 Å². The zero-order valence-electron chi connectivity index (χ0n) is 21.4. The largest absolute Gasteiger partial charge is 0.494 e. The van der Waals surface area contributed by atoms with Crippen molar-refractivity contribution >= 4 is 36.6 Å². The fraction of sp³-hybridized carbons (Fsp3) is 0.731. The maximum Gasteiger partial charge on any atom is 0.411 e. The van der Waals surface area contributed by atoms with Gasteiger partial charge in [-0.15, -0.1) is 24.8 Å². The molecule has 1 heterocycles. The van der Waals surface area contributed by atoms with E-state index >= 15 is 0 Å². The number of nitrogens with one attached hydrogen (secondary N) is 1. The van der Waals surface area contributed by atoms with Gasteiger partial charge in [0.05, 0.1) is 6.61 Å². The first kappa shape index (κ1) is 32.8. The van der Waals surface area contributed by atoms with Crippen molar-refractivity contribution in [2.24, 2.45) is 0 Å². The molecule has 0 saturated carbocycles. The summed E-state index contributed by atoms with van der Waals surface area (Å²) in [7, 11) is 0. The number of hydrogen-bond acceptors (Lipinski definition) is 5. The van der Waals surface area contributed by atoms with E-state index in [0.717, 1.165) is 51.4 Å². The second-order valence-corrected chi connectivity index (χ2v) is 8.79. The maximum absolute atomic E-state index is 12.7. The summed E-state index contributed by atoms with van der Waals surface area (Å²) in [6.45, 7) is 12.9. The summed E-state index contributed by atoms with van der Waals surface area (Å²) in [5, 5.41) is 2.90. The van der Waals surface area contributed by atoms with Gasteiger partial charge in [0, 0.05) is 24.8 Å². The molecule has 1 aromatic rings. The zero-order valence-corrected chi connectivity index (χ0v) is 23.1. The van der Waals surface area contributed by atoms with Crippen molar-refractivity contribution < 1.29 is 14.3 Å². The molecule has 198 valence electrons. The number of carbonyl (C=O) groups is 1. The Morgan fingerprint density at radius 1 is 1.03 bits per heavy atom. The number of amides is 1. The molecule has 1 amide bonds. The Balaban J connectivity index is 0.00000544. The number of halogens is 2. The lowest BCUT2D eigenvalue weighted by atomic mass is 10.2. The van der Waals surface area contributed by atoms with Crippen LogP contribution in [-0.4, -0.2) is 67.9 Å². The van der Waals surface area contributed by atoms with Crippen molar-refractivity contribution in [3.63, 3.8) is 0 Å². The van der Waals surface area contributed by atoms with Gasteiger partial charge in [-0.2, -0.15) is 0 Å². The van der Waals surface area contributed by atoms with Crippen LogP contribution in [0.4, 0.5) is 10.5 Å². The van der Waals surface area contributed by atoms with Crippen molar-refractivity contribution in [3.8, 4) is 5.75 Å². The lowest BCUT2D eigenvalue weighted by molar-refractivity contribution is 0.0558. The van der Waals surface area contributed by atoms with Crippen LogP contribution < -0.4 is 10.1 Å². The molecular weight excluding hydrogens is 473 g/mol. The van der Waals surface area contributed by atoms with Gasteiger partial charge < -0.3 is 14.4 Å². The molecule has 1 saturated heterocycles. The molecule has 1 unspecified atom stereocenters. The number of ether oxygens (including phenoxy) is 2. The molecule has 1 aromatic carbocycles. The standard InChI is InChI=1S/C26H45N3O3.2ClH/c1-4-7-8-13-19-31-24-16-14-15-23(20-24)27-26(30)32-25(21-28(5-2)6-3)22-29-17-11-9-10-12-18-29;;/h14-16,20,25H,4-13,17-19,21-22H2,1-3H3,(H,27,30);2*1H. The number of likely N-dealkylation sites (tertiary alicyclic amines) is 1. The highest BCUT2D eigenvalue weighted by Crippen LogP contribution is 2.19. The lowest BCUT2D eigenvalue weighted by Crippen LogP contribution is -2.43. The summed E-state index contributed by atoms with van der Waals surface area (Å²) in [5.74, 6) is 0.781. The minimum Gasteiger partial charge on any atom is -0.494 e. The van der Waals surface area contributed by atoms with Crippen LogP contribution in [0.2, 0.25) is 0 Å². The molecule has 34 heavy (non-hydrogen) atoms. The molecule has 0 aromatic heterocycles. The topological polar surface area (TPSA) is 54.0 Å². The predicted octanol–water partition coefficient (Wildman–Crippen LogP) is 6.62. The van der Waals surface area contributed by atoms with Crippen LogP contribution in [0.15, 0.2) is 24.3 Å².